The normalized spacial score (nSPS) is 12.4. The molecule has 0 spiro atoms. The fourth-order valence-electron chi connectivity index (χ4n) is 1.85. The molecule has 0 aliphatic rings. The third-order valence-corrected chi connectivity index (χ3v) is 3.68. The van der Waals surface area contributed by atoms with E-state index >= 15 is 0 Å². The maximum atomic E-state index is 13.1. The summed E-state index contributed by atoms with van der Waals surface area (Å²) in [5.74, 6) is -0.233. The molecule has 2 aromatic carbocycles. The zero-order chi connectivity index (χ0) is 13.1. The lowest BCUT2D eigenvalue weighted by atomic mass is 10.0. The van der Waals surface area contributed by atoms with E-state index in [1.54, 1.807) is 6.07 Å². The van der Waals surface area contributed by atoms with Gasteiger partial charge in [0.1, 0.15) is 5.82 Å². The largest absolute Gasteiger partial charge is 0.207 e. The second kappa shape index (κ2) is 5.73. The monoisotopic (exact) mass is 282 g/mol. The van der Waals surface area contributed by atoms with E-state index in [1.807, 2.05) is 31.2 Å². The first kappa shape index (κ1) is 13.4. The van der Waals surface area contributed by atoms with E-state index in [9.17, 15) is 4.39 Å². The van der Waals surface area contributed by atoms with E-state index in [0.29, 0.717) is 6.42 Å². The predicted molar refractivity (Wildman–Crippen MR) is 74.9 cm³/mol. The molecule has 0 amide bonds. The summed E-state index contributed by atoms with van der Waals surface area (Å²) in [6, 6.07) is 12.2. The van der Waals surface area contributed by atoms with E-state index in [2.05, 4.69) is 0 Å². The van der Waals surface area contributed by atoms with Crippen molar-refractivity contribution < 1.29 is 4.39 Å². The van der Waals surface area contributed by atoms with Crippen LogP contribution in [0, 0.1) is 12.7 Å². The Labute approximate surface area is 116 Å². The van der Waals surface area contributed by atoms with Crippen LogP contribution in [0.2, 0.25) is 5.02 Å². The van der Waals surface area contributed by atoms with Crippen LogP contribution < -0.4 is 0 Å². The van der Waals surface area contributed by atoms with Crippen LogP contribution in [0.1, 0.15) is 22.1 Å². The summed E-state index contributed by atoms with van der Waals surface area (Å²) in [6.07, 6.45) is 0.598. The molecule has 0 nitrogen and oxygen atoms in total. The van der Waals surface area contributed by atoms with Gasteiger partial charge in [-0.1, -0.05) is 35.9 Å². The summed E-state index contributed by atoms with van der Waals surface area (Å²) in [5, 5.41) is 0.552. The molecule has 94 valence electrons. The highest BCUT2D eigenvalue weighted by molar-refractivity contribution is 6.31. The van der Waals surface area contributed by atoms with Gasteiger partial charge in [0.25, 0.3) is 0 Å². The van der Waals surface area contributed by atoms with Crippen LogP contribution in [-0.4, -0.2) is 0 Å². The predicted octanol–water partition coefficient (Wildman–Crippen LogP) is 5.31. The lowest BCUT2D eigenvalue weighted by Crippen LogP contribution is -1.97. The summed E-state index contributed by atoms with van der Waals surface area (Å²) in [7, 11) is 0. The molecule has 0 aromatic heterocycles. The molecule has 0 bridgehead atoms. The Morgan fingerprint density at radius 3 is 2.61 bits per heavy atom. The van der Waals surface area contributed by atoms with E-state index in [0.717, 1.165) is 21.7 Å². The molecule has 1 unspecified atom stereocenters. The number of benzene rings is 2. The molecule has 0 heterocycles. The fourth-order valence-corrected chi connectivity index (χ4v) is 2.28. The average molecular weight is 283 g/mol. The molecule has 2 rings (SSSR count). The summed E-state index contributed by atoms with van der Waals surface area (Å²) in [6.45, 7) is 1.94. The van der Waals surface area contributed by atoms with Gasteiger partial charge in [0, 0.05) is 5.02 Å². The summed E-state index contributed by atoms with van der Waals surface area (Å²) in [4.78, 5) is 0. The Morgan fingerprint density at radius 2 is 1.94 bits per heavy atom. The third kappa shape index (κ3) is 3.24. The van der Waals surface area contributed by atoms with Gasteiger partial charge in [0.2, 0.25) is 0 Å². The van der Waals surface area contributed by atoms with Gasteiger partial charge in [-0.25, -0.2) is 4.39 Å². The molecule has 2 aromatic rings. The minimum absolute atomic E-state index is 0.178. The van der Waals surface area contributed by atoms with Crippen molar-refractivity contribution in [2.45, 2.75) is 18.7 Å². The van der Waals surface area contributed by atoms with Gasteiger partial charge in [0.15, 0.2) is 0 Å². The van der Waals surface area contributed by atoms with Crippen LogP contribution in [0.3, 0.4) is 0 Å². The first-order valence-corrected chi connectivity index (χ1v) is 6.52. The van der Waals surface area contributed by atoms with Gasteiger partial charge < -0.3 is 0 Å². The van der Waals surface area contributed by atoms with Gasteiger partial charge in [-0.2, -0.15) is 0 Å². The maximum absolute atomic E-state index is 13.1. The Morgan fingerprint density at radius 1 is 1.17 bits per heavy atom. The third-order valence-electron chi connectivity index (χ3n) is 2.85. The van der Waals surface area contributed by atoms with Crippen molar-refractivity contribution >= 4 is 23.2 Å². The Hall–Kier alpha value is -1.05. The van der Waals surface area contributed by atoms with Crippen molar-refractivity contribution in [1.82, 2.24) is 0 Å². The maximum Gasteiger partial charge on any atom is 0.123 e. The van der Waals surface area contributed by atoms with Crippen molar-refractivity contribution in [3.63, 3.8) is 0 Å². The highest BCUT2D eigenvalue weighted by atomic mass is 35.5. The van der Waals surface area contributed by atoms with Crippen molar-refractivity contribution in [3.05, 3.63) is 70.0 Å². The highest BCUT2D eigenvalue weighted by Crippen LogP contribution is 2.28. The molecule has 0 fully saturated rings. The lowest BCUT2D eigenvalue weighted by molar-refractivity contribution is 0.625. The average Bonchev–Trinajstić information content (AvgIpc) is 2.32. The molecule has 0 radical (unpaired) electrons. The zero-order valence-corrected chi connectivity index (χ0v) is 11.5. The van der Waals surface area contributed by atoms with Crippen molar-refractivity contribution in [2.75, 3.05) is 0 Å². The first-order valence-electron chi connectivity index (χ1n) is 5.71. The quantitative estimate of drug-likeness (QED) is 0.669. The standard InChI is InChI=1S/C15H13Cl2F/c1-10-7-12(5-6-14(10)16)15(17)9-11-3-2-4-13(18)8-11/h2-8,15H,9H2,1H3. The van der Waals surface area contributed by atoms with Crippen LogP contribution in [-0.2, 0) is 6.42 Å². The number of halogens is 3. The highest BCUT2D eigenvalue weighted by Gasteiger charge is 2.10. The fraction of sp³-hybridized carbons (Fsp3) is 0.200. The van der Waals surface area contributed by atoms with Gasteiger partial charge in [0.05, 0.1) is 5.38 Å². The molecule has 0 N–H and O–H groups in total. The Balaban J connectivity index is 2.16. The summed E-state index contributed by atoms with van der Waals surface area (Å²) in [5.41, 5.74) is 2.89. The molecule has 0 aliphatic heterocycles. The smallest absolute Gasteiger partial charge is 0.123 e. The van der Waals surface area contributed by atoms with Gasteiger partial charge in [-0.3, -0.25) is 0 Å². The topological polar surface area (TPSA) is 0 Å². The van der Waals surface area contributed by atoms with E-state index < -0.39 is 0 Å². The Kier molecular flexibility index (Phi) is 4.26. The Bertz CT molecular complexity index is 552. The van der Waals surface area contributed by atoms with E-state index in [4.69, 9.17) is 23.2 Å². The van der Waals surface area contributed by atoms with Crippen molar-refractivity contribution in [1.29, 1.82) is 0 Å². The van der Waals surface area contributed by atoms with Gasteiger partial charge >= 0.3 is 0 Å². The second-order valence-electron chi connectivity index (χ2n) is 4.31. The number of hydrogen-bond donors (Lipinski definition) is 0. The summed E-state index contributed by atoms with van der Waals surface area (Å²) < 4.78 is 13.1. The SMILES string of the molecule is Cc1cc(C(Cl)Cc2cccc(F)c2)ccc1Cl. The number of alkyl halides is 1. The molecule has 0 saturated carbocycles. The number of rotatable bonds is 3. The van der Waals surface area contributed by atoms with E-state index in [1.165, 1.54) is 12.1 Å². The minimum Gasteiger partial charge on any atom is -0.207 e. The number of aryl methyl sites for hydroxylation is 1. The second-order valence-corrected chi connectivity index (χ2v) is 5.24. The molecule has 3 heteroatoms. The van der Waals surface area contributed by atoms with E-state index in [-0.39, 0.29) is 11.2 Å². The molecule has 0 aliphatic carbocycles. The lowest BCUT2D eigenvalue weighted by Gasteiger charge is -2.11. The van der Waals surface area contributed by atoms with Crippen molar-refractivity contribution in [3.8, 4) is 0 Å². The van der Waals surface area contributed by atoms with Crippen LogP contribution in [0.25, 0.3) is 0 Å². The number of hydrogen-bond acceptors (Lipinski definition) is 0. The molecule has 1 atom stereocenters. The molecule has 0 saturated heterocycles. The molecular weight excluding hydrogens is 270 g/mol. The summed E-state index contributed by atoms with van der Waals surface area (Å²) >= 11 is 12.3. The van der Waals surface area contributed by atoms with Gasteiger partial charge in [-0.05, 0) is 48.2 Å². The molecular formula is C15H13Cl2F. The van der Waals surface area contributed by atoms with Crippen LogP contribution in [0.4, 0.5) is 4.39 Å². The van der Waals surface area contributed by atoms with Crippen LogP contribution >= 0.6 is 23.2 Å². The zero-order valence-electron chi connectivity index (χ0n) is 9.96. The minimum atomic E-state index is -0.233. The van der Waals surface area contributed by atoms with Gasteiger partial charge in [-0.15, -0.1) is 11.6 Å². The van der Waals surface area contributed by atoms with Crippen LogP contribution in [0.5, 0.6) is 0 Å². The van der Waals surface area contributed by atoms with Crippen LogP contribution in [0.15, 0.2) is 42.5 Å². The molecule has 18 heavy (non-hydrogen) atoms. The first-order chi connectivity index (χ1) is 8.56. The van der Waals surface area contributed by atoms with Crippen molar-refractivity contribution in [2.24, 2.45) is 0 Å².